The van der Waals surface area contributed by atoms with Crippen LogP contribution in [0.3, 0.4) is 0 Å². The molecule has 10 heteroatoms. The van der Waals surface area contributed by atoms with E-state index in [0.29, 0.717) is 16.9 Å². The number of aromatic amines is 1. The number of likely N-dealkylation sites (tertiary alicyclic amines) is 1. The summed E-state index contributed by atoms with van der Waals surface area (Å²) >= 11 is 1.52. The molecule has 1 fully saturated rings. The van der Waals surface area contributed by atoms with Gasteiger partial charge in [-0.15, -0.1) is 5.10 Å². The van der Waals surface area contributed by atoms with Crippen LogP contribution in [0.2, 0.25) is 0 Å². The average molecular weight is 560 g/mol. The Morgan fingerprint density at radius 3 is 2.44 bits per heavy atom. The number of nitrogens with zero attached hydrogens (tertiary/aromatic N) is 8. The molecule has 5 heterocycles. The maximum atomic E-state index is 4.94. The first-order valence-corrected chi connectivity index (χ1v) is 15.0. The van der Waals surface area contributed by atoms with E-state index in [4.69, 9.17) is 9.97 Å². The van der Waals surface area contributed by atoms with Crippen molar-refractivity contribution in [2.24, 2.45) is 0 Å². The lowest BCUT2D eigenvalue weighted by Gasteiger charge is -2.30. The van der Waals surface area contributed by atoms with Gasteiger partial charge >= 0.3 is 0 Å². The van der Waals surface area contributed by atoms with Gasteiger partial charge in [0.15, 0.2) is 11.6 Å². The van der Waals surface area contributed by atoms with E-state index in [-0.39, 0.29) is 0 Å². The molecule has 6 aromatic rings. The van der Waals surface area contributed by atoms with Crippen LogP contribution in [0.15, 0.2) is 90.3 Å². The van der Waals surface area contributed by atoms with Crippen molar-refractivity contribution in [2.75, 3.05) is 19.3 Å². The molecule has 7 rings (SSSR count). The number of thioether (sulfide) groups is 1. The number of hydrogen-bond donors (Lipinski definition) is 1. The van der Waals surface area contributed by atoms with Crippen LogP contribution in [-0.2, 0) is 6.54 Å². The lowest BCUT2D eigenvalue weighted by atomic mass is 9.95. The molecule has 0 unspecified atom stereocenters. The van der Waals surface area contributed by atoms with Gasteiger partial charge in [0.25, 0.3) is 5.78 Å². The zero-order valence-electron chi connectivity index (χ0n) is 22.7. The minimum atomic E-state index is 0.364. The highest BCUT2D eigenvalue weighted by Gasteiger charge is 2.24. The third kappa shape index (κ3) is 5.36. The number of piperidine rings is 1. The number of fused-ring (bicyclic) bond motifs is 1. The van der Waals surface area contributed by atoms with Crippen molar-refractivity contribution < 1.29 is 0 Å². The van der Waals surface area contributed by atoms with E-state index in [2.05, 4.69) is 66.6 Å². The third-order valence-corrected chi connectivity index (χ3v) is 8.11. The van der Waals surface area contributed by atoms with Crippen molar-refractivity contribution in [1.29, 1.82) is 0 Å². The number of aromatic nitrogens is 8. The van der Waals surface area contributed by atoms with Crippen molar-refractivity contribution in [3.8, 4) is 33.9 Å². The minimum absolute atomic E-state index is 0.364. The second-order valence-corrected chi connectivity index (χ2v) is 11.0. The van der Waals surface area contributed by atoms with Gasteiger partial charge < -0.3 is 0 Å². The summed E-state index contributed by atoms with van der Waals surface area (Å²) in [7, 11) is 0. The van der Waals surface area contributed by atoms with Crippen molar-refractivity contribution in [2.45, 2.75) is 30.5 Å². The fourth-order valence-corrected chi connectivity index (χ4v) is 5.73. The van der Waals surface area contributed by atoms with Gasteiger partial charge in [0.2, 0.25) is 5.16 Å². The largest absolute Gasteiger partial charge is 0.299 e. The highest BCUT2D eigenvalue weighted by atomic mass is 32.2. The molecular formula is C31H29N9S. The molecule has 1 N–H and O–H groups in total. The Kier molecular flexibility index (Phi) is 7.00. The summed E-state index contributed by atoms with van der Waals surface area (Å²) < 4.78 is 1.77. The fourth-order valence-electron chi connectivity index (χ4n) is 5.39. The molecule has 1 aliphatic rings. The van der Waals surface area contributed by atoms with Crippen molar-refractivity contribution in [3.05, 3.63) is 96.6 Å². The Morgan fingerprint density at radius 2 is 1.68 bits per heavy atom. The van der Waals surface area contributed by atoms with Crippen LogP contribution in [0.25, 0.3) is 39.7 Å². The summed E-state index contributed by atoms with van der Waals surface area (Å²) in [5.41, 5.74) is 6.22. The van der Waals surface area contributed by atoms with Gasteiger partial charge in [-0.2, -0.15) is 10.1 Å². The highest BCUT2D eigenvalue weighted by Crippen LogP contribution is 2.32. The van der Waals surface area contributed by atoms with Crippen molar-refractivity contribution >= 4 is 17.5 Å². The first-order valence-electron chi connectivity index (χ1n) is 13.8. The number of nitrogens with one attached hydrogen (secondary N) is 1. The lowest BCUT2D eigenvalue weighted by Crippen LogP contribution is -2.32. The molecule has 0 amide bonds. The molecule has 0 atom stereocenters. The Bertz CT molecular complexity index is 1760. The Morgan fingerprint density at radius 1 is 0.878 bits per heavy atom. The van der Waals surface area contributed by atoms with Crippen LogP contribution >= 0.6 is 11.8 Å². The first kappa shape index (κ1) is 25.6. The van der Waals surface area contributed by atoms with Crippen LogP contribution in [0.1, 0.15) is 30.1 Å². The van der Waals surface area contributed by atoms with E-state index < -0.39 is 0 Å². The normalized spacial score (nSPS) is 14.6. The maximum Gasteiger partial charge on any atom is 0.253 e. The quantitative estimate of drug-likeness (QED) is 0.247. The molecule has 9 nitrogen and oxygen atoms in total. The Balaban J connectivity index is 1.05. The van der Waals surface area contributed by atoms with Gasteiger partial charge in [0.1, 0.15) is 5.69 Å². The van der Waals surface area contributed by atoms with E-state index in [9.17, 15) is 0 Å². The fraction of sp³-hybridized carbons (Fsp3) is 0.226. The van der Waals surface area contributed by atoms with Gasteiger partial charge in [0, 0.05) is 36.0 Å². The molecule has 0 spiro atoms. The van der Waals surface area contributed by atoms with Gasteiger partial charge in [-0.1, -0.05) is 72.4 Å². The molecule has 1 saturated heterocycles. The van der Waals surface area contributed by atoms with Gasteiger partial charge in [-0.05, 0) is 55.4 Å². The molecule has 0 radical (unpaired) electrons. The third-order valence-electron chi connectivity index (χ3n) is 7.58. The van der Waals surface area contributed by atoms with Crippen LogP contribution in [0.5, 0.6) is 0 Å². The first-order chi connectivity index (χ1) is 20.2. The van der Waals surface area contributed by atoms with Crippen molar-refractivity contribution in [3.63, 3.8) is 0 Å². The summed E-state index contributed by atoms with van der Waals surface area (Å²) in [6.07, 6.45) is 7.86. The zero-order valence-corrected chi connectivity index (χ0v) is 23.5. The van der Waals surface area contributed by atoms with Crippen LogP contribution in [-0.4, -0.2) is 64.0 Å². The summed E-state index contributed by atoms with van der Waals surface area (Å²) in [6.45, 7) is 2.95. The highest BCUT2D eigenvalue weighted by molar-refractivity contribution is 7.98. The maximum absolute atomic E-state index is 4.94. The molecule has 0 aliphatic carbocycles. The predicted octanol–water partition coefficient (Wildman–Crippen LogP) is 5.74. The van der Waals surface area contributed by atoms with E-state index in [0.717, 1.165) is 72.2 Å². The minimum Gasteiger partial charge on any atom is -0.299 e. The monoisotopic (exact) mass is 559 g/mol. The zero-order chi connectivity index (χ0) is 27.6. The van der Waals surface area contributed by atoms with Crippen molar-refractivity contribution in [1.82, 2.24) is 44.6 Å². The Hall–Kier alpha value is -4.41. The second kappa shape index (κ2) is 11.2. The van der Waals surface area contributed by atoms with E-state index >= 15 is 0 Å². The topological polar surface area (TPSA) is 101 Å². The summed E-state index contributed by atoms with van der Waals surface area (Å²) in [6, 6.07) is 24.9. The van der Waals surface area contributed by atoms with Gasteiger partial charge in [-0.3, -0.25) is 15.0 Å². The van der Waals surface area contributed by atoms with E-state index in [1.165, 1.54) is 17.3 Å². The molecule has 204 valence electrons. The number of hydrogen-bond acceptors (Lipinski definition) is 8. The summed E-state index contributed by atoms with van der Waals surface area (Å²) in [4.78, 5) is 21.1. The summed E-state index contributed by atoms with van der Waals surface area (Å²) in [5, 5.41) is 12.8. The molecular weight excluding hydrogens is 530 g/mol. The number of rotatable bonds is 7. The molecule has 4 aromatic heterocycles. The SMILES string of the molecule is CSc1nc2nc(-c3ccc(CN4CCC(c5n[nH]c(-c6ccccn6)n5)CC4)cc3)c(-c3ccccc3)cn2n1. The predicted molar refractivity (Wildman–Crippen MR) is 160 cm³/mol. The molecule has 2 aromatic carbocycles. The number of benzene rings is 2. The summed E-state index contributed by atoms with van der Waals surface area (Å²) in [5.74, 6) is 2.60. The molecule has 0 bridgehead atoms. The van der Waals surface area contributed by atoms with E-state index in [1.54, 1.807) is 10.7 Å². The Labute approximate surface area is 242 Å². The molecule has 41 heavy (non-hydrogen) atoms. The van der Waals surface area contributed by atoms with Crippen LogP contribution in [0, 0.1) is 0 Å². The van der Waals surface area contributed by atoms with E-state index in [1.807, 2.05) is 48.9 Å². The van der Waals surface area contributed by atoms with Crippen LogP contribution in [0.4, 0.5) is 0 Å². The van der Waals surface area contributed by atoms with Gasteiger partial charge in [0.05, 0.1) is 5.69 Å². The smallest absolute Gasteiger partial charge is 0.253 e. The lowest BCUT2D eigenvalue weighted by molar-refractivity contribution is 0.202. The molecule has 0 saturated carbocycles. The van der Waals surface area contributed by atoms with Gasteiger partial charge in [-0.25, -0.2) is 14.5 Å². The standard InChI is InChI=1S/C31H29N9S/c1-41-31-35-30-33-27(25(20-40(30)38-31)22-7-3-2-4-8-22)23-12-10-21(11-13-23)19-39-17-14-24(15-18-39)28-34-29(37-36-28)26-9-5-6-16-32-26/h2-13,16,20,24H,14-15,17-19H2,1H3,(H,34,36,37). The number of H-pyrrole nitrogens is 1. The average Bonchev–Trinajstić information content (AvgIpc) is 3.70. The van der Waals surface area contributed by atoms with Crippen LogP contribution < -0.4 is 0 Å². The molecule has 1 aliphatic heterocycles. The second-order valence-electron chi connectivity index (χ2n) is 10.2. The number of pyridine rings is 1.